The summed E-state index contributed by atoms with van der Waals surface area (Å²) in [6.45, 7) is 7.61. The summed E-state index contributed by atoms with van der Waals surface area (Å²) >= 11 is 0. The molecule has 0 aromatic carbocycles. The lowest BCUT2D eigenvalue weighted by molar-refractivity contribution is 0.372. The van der Waals surface area contributed by atoms with Crippen molar-refractivity contribution < 1.29 is 0 Å². The number of hydrogen-bond acceptors (Lipinski definition) is 2. The van der Waals surface area contributed by atoms with Gasteiger partial charge in [0.15, 0.2) is 0 Å². The van der Waals surface area contributed by atoms with Crippen LogP contribution in [0.1, 0.15) is 52.0 Å². The highest BCUT2D eigenvalue weighted by molar-refractivity contribution is 5.05. The minimum absolute atomic E-state index is 0.217. The van der Waals surface area contributed by atoms with Crippen LogP contribution in [0.25, 0.3) is 0 Å². The molecule has 3 nitrogen and oxygen atoms in total. The second kappa shape index (κ2) is 7.49. The zero-order chi connectivity index (χ0) is 12.7. The molecule has 3 heteroatoms. The number of unbranched alkanes of at least 4 members (excludes halogenated alkanes) is 1. The van der Waals surface area contributed by atoms with Gasteiger partial charge in [0.1, 0.15) is 0 Å². The topological polar surface area (TPSA) is 43.8 Å². The lowest BCUT2D eigenvalue weighted by Crippen LogP contribution is -2.17. The number of rotatable bonds is 8. The SMILES string of the molecule is CCCCC(CC)Cn1cc(CC(C)N)cn1. The highest BCUT2D eigenvalue weighted by Gasteiger charge is 2.08. The summed E-state index contributed by atoms with van der Waals surface area (Å²) in [6.07, 6.45) is 10.2. The zero-order valence-corrected chi connectivity index (χ0v) is 11.5. The Kier molecular flexibility index (Phi) is 6.27. The Hall–Kier alpha value is -0.830. The molecule has 0 fully saturated rings. The molecule has 17 heavy (non-hydrogen) atoms. The molecule has 0 bridgehead atoms. The van der Waals surface area contributed by atoms with E-state index in [2.05, 4.69) is 29.8 Å². The Morgan fingerprint density at radius 1 is 1.41 bits per heavy atom. The molecular weight excluding hydrogens is 210 g/mol. The molecule has 0 saturated carbocycles. The van der Waals surface area contributed by atoms with Gasteiger partial charge in [0, 0.05) is 18.8 Å². The fourth-order valence-electron chi connectivity index (χ4n) is 2.17. The van der Waals surface area contributed by atoms with Crippen molar-refractivity contribution >= 4 is 0 Å². The standard InChI is InChI=1S/C14H27N3/c1-4-6-7-13(5-2)10-17-11-14(9-16-17)8-12(3)15/h9,11-13H,4-8,10,15H2,1-3H3. The van der Waals surface area contributed by atoms with E-state index in [1.54, 1.807) is 0 Å². The fraction of sp³-hybridized carbons (Fsp3) is 0.786. The van der Waals surface area contributed by atoms with E-state index < -0.39 is 0 Å². The normalized spacial score (nSPS) is 14.8. The van der Waals surface area contributed by atoms with Gasteiger partial charge in [-0.3, -0.25) is 4.68 Å². The summed E-state index contributed by atoms with van der Waals surface area (Å²) in [5.74, 6) is 0.762. The lowest BCUT2D eigenvalue weighted by Gasteiger charge is -2.14. The molecule has 0 amide bonds. The smallest absolute Gasteiger partial charge is 0.0522 e. The third-order valence-electron chi connectivity index (χ3n) is 3.23. The van der Waals surface area contributed by atoms with Crippen molar-refractivity contribution in [3.05, 3.63) is 18.0 Å². The average molecular weight is 237 g/mol. The molecule has 98 valence electrons. The van der Waals surface area contributed by atoms with Crippen molar-refractivity contribution in [1.29, 1.82) is 0 Å². The second-order valence-corrected chi connectivity index (χ2v) is 5.17. The third kappa shape index (κ3) is 5.35. The monoisotopic (exact) mass is 237 g/mol. The first kappa shape index (κ1) is 14.2. The molecule has 1 aromatic heterocycles. The first-order valence-electron chi connectivity index (χ1n) is 6.92. The lowest BCUT2D eigenvalue weighted by atomic mass is 9.99. The van der Waals surface area contributed by atoms with Crippen LogP contribution in [0.15, 0.2) is 12.4 Å². The molecule has 2 atom stereocenters. The molecule has 0 saturated heterocycles. The van der Waals surface area contributed by atoms with Gasteiger partial charge in [-0.05, 0) is 31.2 Å². The van der Waals surface area contributed by atoms with Crippen LogP contribution in [0.5, 0.6) is 0 Å². The van der Waals surface area contributed by atoms with E-state index in [0.29, 0.717) is 0 Å². The highest BCUT2D eigenvalue weighted by atomic mass is 15.3. The van der Waals surface area contributed by atoms with Crippen LogP contribution in [0.4, 0.5) is 0 Å². The van der Waals surface area contributed by atoms with E-state index in [9.17, 15) is 0 Å². The molecule has 0 aliphatic heterocycles. The van der Waals surface area contributed by atoms with Gasteiger partial charge in [-0.1, -0.05) is 33.1 Å². The molecule has 2 unspecified atom stereocenters. The number of aromatic nitrogens is 2. The van der Waals surface area contributed by atoms with Crippen LogP contribution in [0, 0.1) is 5.92 Å². The Bertz CT molecular complexity index is 304. The Morgan fingerprint density at radius 2 is 2.18 bits per heavy atom. The van der Waals surface area contributed by atoms with Gasteiger partial charge in [0.05, 0.1) is 6.20 Å². The predicted octanol–water partition coefficient (Wildman–Crippen LogP) is 2.99. The maximum Gasteiger partial charge on any atom is 0.0522 e. The summed E-state index contributed by atoms with van der Waals surface area (Å²) in [5.41, 5.74) is 7.04. The fourth-order valence-corrected chi connectivity index (χ4v) is 2.17. The maximum atomic E-state index is 5.79. The predicted molar refractivity (Wildman–Crippen MR) is 72.9 cm³/mol. The van der Waals surface area contributed by atoms with Gasteiger partial charge in [0.2, 0.25) is 0 Å². The minimum atomic E-state index is 0.217. The van der Waals surface area contributed by atoms with E-state index >= 15 is 0 Å². The van der Waals surface area contributed by atoms with Crippen LogP contribution in [-0.2, 0) is 13.0 Å². The van der Waals surface area contributed by atoms with Crippen LogP contribution < -0.4 is 5.73 Å². The van der Waals surface area contributed by atoms with Gasteiger partial charge >= 0.3 is 0 Å². The van der Waals surface area contributed by atoms with Crippen molar-refractivity contribution in [3.63, 3.8) is 0 Å². The number of nitrogens with two attached hydrogens (primary N) is 1. The van der Waals surface area contributed by atoms with Crippen LogP contribution in [0.2, 0.25) is 0 Å². The molecule has 0 radical (unpaired) electrons. The summed E-state index contributed by atoms with van der Waals surface area (Å²) < 4.78 is 2.08. The molecule has 0 spiro atoms. The Morgan fingerprint density at radius 3 is 2.76 bits per heavy atom. The zero-order valence-electron chi connectivity index (χ0n) is 11.5. The van der Waals surface area contributed by atoms with E-state index in [1.807, 2.05) is 13.1 Å². The van der Waals surface area contributed by atoms with Crippen LogP contribution in [-0.4, -0.2) is 15.8 Å². The first-order valence-corrected chi connectivity index (χ1v) is 6.92. The van der Waals surface area contributed by atoms with Gasteiger partial charge in [0.25, 0.3) is 0 Å². The van der Waals surface area contributed by atoms with E-state index in [1.165, 1.54) is 31.2 Å². The largest absolute Gasteiger partial charge is 0.328 e. The van der Waals surface area contributed by atoms with E-state index in [4.69, 9.17) is 5.73 Å². The Balaban J connectivity index is 2.46. The van der Waals surface area contributed by atoms with Crippen molar-refractivity contribution in [2.75, 3.05) is 0 Å². The third-order valence-corrected chi connectivity index (χ3v) is 3.23. The molecule has 2 N–H and O–H groups in total. The number of nitrogens with zero attached hydrogens (tertiary/aromatic N) is 2. The van der Waals surface area contributed by atoms with Crippen LogP contribution >= 0.6 is 0 Å². The quantitative estimate of drug-likeness (QED) is 0.755. The number of hydrogen-bond donors (Lipinski definition) is 1. The first-order chi connectivity index (χ1) is 8.15. The summed E-state index contributed by atoms with van der Waals surface area (Å²) in [4.78, 5) is 0. The van der Waals surface area contributed by atoms with E-state index in [-0.39, 0.29) is 6.04 Å². The van der Waals surface area contributed by atoms with Crippen molar-refractivity contribution in [1.82, 2.24) is 9.78 Å². The molecular formula is C14H27N3. The van der Waals surface area contributed by atoms with E-state index in [0.717, 1.165) is 18.9 Å². The highest BCUT2D eigenvalue weighted by Crippen LogP contribution is 2.15. The summed E-state index contributed by atoms with van der Waals surface area (Å²) in [6, 6.07) is 0.217. The van der Waals surface area contributed by atoms with Gasteiger partial charge in [-0.15, -0.1) is 0 Å². The van der Waals surface area contributed by atoms with Gasteiger partial charge in [-0.25, -0.2) is 0 Å². The molecule has 1 heterocycles. The van der Waals surface area contributed by atoms with Crippen molar-refractivity contribution in [2.24, 2.45) is 11.7 Å². The Labute approximate surface area is 105 Å². The maximum absolute atomic E-state index is 5.79. The summed E-state index contributed by atoms with van der Waals surface area (Å²) in [7, 11) is 0. The molecule has 1 aromatic rings. The summed E-state index contributed by atoms with van der Waals surface area (Å²) in [5, 5.41) is 4.43. The van der Waals surface area contributed by atoms with Gasteiger partial charge in [-0.2, -0.15) is 5.10 Å². The van der Waals surface area contributed by atoms with Gasteiger partial charge < -0.3 is 5.73 Å². The molecule has 0 aliphatic rings. The molecule has 1 rings (SSSR count). The average Bonchev–Trinajstić information content (AvgIpc) is 2.70. The molecule has 0 aliphatic carbocycles. The minimum Gasteiger partial charge on any atom is -0.328 e. The van der Waals surface area contributed by atoms with Crippen molar-refractivity contribution in [2.45, 2.75) is 65.5 Å². The van der Waals surface area contributed by atoms with Crippen LogP contribution in [0.3, 0.4) is 0 Å². The second-order valence-electron chi connectivity index (χ2n) is 5.17. The van der Waals surface area contributed by atoms with Crippen molar-refractivity contribution in [3.8, 4) is 0 Å².